The van der Waals surface area contributed by atoms with Crippen molar-refractivity contribution < 1.29 is 14.3 Å². The number of methoxy groups -OCH3 is 1. The normalized spacial score (nSPS) is 15.3. The molecule has 0 atom stereocenters. The van der Waals surface area contributed by atoms with Gasteiger partial charge in [-0.2, -0.15) is 0 Å². The van der Waals surface area contributed by atoms with Gasteiger partial charge in [0.2, 0.25) is 11.8 Å². The van der Waals surface area contributed by atoms with E-state index >= 15 is 0 Å². The van der Waals surface area contributed by atoms with Crippen LogP contribution < -0.4 is 5.32 Å². The zero-order valence-electron chi connectivity index (χ0n) is 15.1. The second-order valence-electron chi connectivity index (χ2n) is 6.37. The zero-order valence-corrected chi connectivity index (χ0v) is 15.1. The number of carbonyl (C=O) groups is 2. The Hall–Kier alpha value is -2.45. The lowest BCUT2D eigenvalue weighted by molar-refractivity contribution is -0.132. The molecule has 8 nitrogen and oxygen atoms in total. The number of pyridine rings is 1. The average Bonchev–Trinajstić information content (AvgIpc) is 3.04. The van der Waals surface area contributed by atoms with Crippen molar-refractivity contribution in [2.24, 2.45) is 0 Å². The maximum absolute atomic E-state index is 12.5. The molecule has 3 heterocycles. The Bertz CT molecular complexity index is 719. The second-order valence-corrected chi connectivity index (χ2v) is 6.37. The van der Waals surface area contributed by atoms with Gasteiger partial charge in [0, 0.05) is 52.2 Å². The molecule has 1 saturated heterocycles. The molecule has 1 aliphatic heterocycles. The first-order chi connectivity index (χ1) is 12.7. The number of piperazine rings is 1. The molecule has 1 aliphatic rings. The van der Waals surface area contributed by atoms with E-state index < -0.39 is 0 Å². The first-order valence-corrected chi connectivity index (χ1v) is 8.84. The van der Waals surface area contributed by atoms with Crippen LogP contribution in [0.2, 0.25) is 0 Å². The van der Waals surface area contributed by atoms with E-state index in [0.717, 1.165) is 11.3 Å². The summed E-state index contributed by atoms with van der Waals surface area (Å²) in [5, 5.41) is 2.81. The molecule has 2 aromatic heterocycles. The van der Waals surface area contributed by atoms with E-state index in [2.05, 4.69) is 15.2 Å². The van der Waals surface area contributed by atoms with Crippen LogP contribution in [0.3, 0.4) is 0 Å². The summed E-state index contributed by atoms with van der Waals surface area (Å²) in [6, 6.07) is 5.79. The van der Waals surface area contributed by atoms with Crippen molar-refractivity contribution >= 4 is 17.5 Å². The summed E-state index contributed by atoms with van der Waals surface area (Å²) in [5.74, 6) is 0.0733. The van der Waals surface area contributed by atoms with Crippen LogP contribution >= 0.6 is 0 Å². The molecule has 0 aromatic carbocycles. The molecule has 2 amide bonds. The molecular weight excluding hydrogens is 334 g/mol. The molecule has 1 fully saturated rings. The van der Waals surface area contributed by atoms with Crippen molar-refractivity contribution in [3.63, 3.8) is 0 Å². The van der Waals surface area contributed by atoms with Gasteiger partial charge in [-0.25, -0.2) is 4.98 Å². The van der Waals surface area contributed by atoms with Gasteiger partial charge in [-0.05, 0) is 12.1 Å². The molecule has 0 saturated carbocycles. The van der Waals surface area contributed by atoms with Crippen molar-refractivity contribution in [1.82, 2.24) is 24.5 Å². The third-order valence-corrected chi connectivity index (χ3v) is 4.47. The fraction of sp³-hybridized carbons (Fsp3) is 0.500. The van der Waals surface area contributed by atoms with Gasteiger partial charge >= 0.3 is 0 Å². The quantitative estimate of drug-likeness (QED) is 0.692. The number of carbonyl (C=O) groups excluding carboxylic acids is 2. The van der Waals surface area contributed by atoms with E-state index in [0.29, 0.717) is 52.3 Å². The number of nitrogens with one attached hydrogen (secondary N) is 1. The number of hydrogen-bond acceptors (Lipinski definition) is 5. The number of nitrogens with zero attached hydrogens (tertiary/aromatic N) is 4. The third-order valence-electron chi connectivity index (χ3n) is 4.47. The summed E-state index contributed by atoms with van der Waals surface area (Å²) in [4.78, 5) is 32.7. The van der Waals surface area contributed by atoms with Crippen LogP contribution in [-0.4, -0.2) is 84.0 Å². The molecule has 26 heavy (non-hydrogen) atoms. The van der Waals surface area contributed by atoms with Crippen LogP contribution in [0.1, 0.15) is 5.69 Å². The van der Waals surface area contributed by atoms with Gasteiger partial charge in [0.1, 0.15) is 5.65 Å². The molecular formula is C18H25N5O3. The van der Waals surface area contributed by atoms with Crippen LogP contribution in [-0.2, 0) is 20.7 Å². The maximum Gasteiger partial charge on any atom is 0.234 e. The Morgan fingerprint density at radius 3 is 2.77 bits per heavy atom. The number of imidazole rings is 1. The van der Waals surface area contributed by atoms with Crippen molar-refractivity contribution in [3.05, 3.63) is 36.3 Å². The molecule has 0 bridgehead atoms. The Kier molecular flexibility index (Phi) is 6.19. The predicted molar refractivity (Wildman–Crippen MR) is 96.8 cm³/mol. The van der Waals surface area contributed by atoms with Crippen molar-refractivity contribution in [1.29, 1.82) is 0 Å². The van der Waals surface area contributed by atoms with E-state index in [1.165, 1.54) is 0 Å². The lowest BCUT2D eigenvalue weighted by atomic mass is 10.2. The highest BCUT2D eigenvalue weighted by Crippen LogP contribution is 2.08. The van der Waals surface area contributed by atoms with Crippen LogP contribution in [0.25, 0.3) is 5.65 Å². The Morgan fingerprint density at radius 1 is 1.23 bits per heavy atom. The van der Waals surface area contributed by atoms with Gasteiger partial charge in [0.05, 0.1) is 25.3 Å². The van der Waals surface area contributed by atoms with E-state index in [4.69, 9.17) is 4.74 Å². The smallest absolute Gasteiger partial charge is 0.234 e. The molecule has 0 spiro atoms. The zero-order chi connectivity index (χ0) is 18.4. The highest BCUT2D eigenvalue weighted by Gasteiger charge is 2.23. The fourth-order valence-electron chi connectivity index (χ4n) is 3.05. The number of fused-ring (bicyclic) bond motifs is 1. The minimum Gasteiger partial charge on any atom is -0.383 e. The number of aromatic nitrogens is 2. The highest BCUT2D eigenvalue weighted by molar-refractivity contribution is 5.79. The van der Waals surface area contributed by atoms with Gasteiger partial charge in [0.15, 0.2) is 0 Å². The summed E-state index contributed by atoms with van der Waals surface area (Å²) < 4.78 is 6.83. The largest absolute Gasteiger partial charge is 0.383 e. The lowest BCUT2D eigenvalue weighted by Gasteiger charge is -2.34. The average molecular weight is 359 g/mol. The van der Waals surface area contributed by atoms with Gasteiger partial charge in [-0.3, -0.25) is 14.5 Å². The summed E-state index contributed by atoms with van der Waals surface area (Å²) in [5.41, 5.74) is 1.63. The SMILES string of the molecule is COCCNC(=O)CN1CCN(C(=O)Cc2cn3ccccc3n2)CC1. The van der Waals surface area contributed by atoms with E-state index in [1.807, 2.05) is 39.9 Å². The molecule has 0 aliphatic carbocycles. The van der Waals surface area contributed by atoms with Crippen molar-refractivity contribution in [2.45, 2.75) is 6.42 Å². The van der Waals surface area contributed by atoms with Crippen LogP contribution in [0, 0.1) is 0 Å². The topological polar surface area (TPSA) is 79.2 Å². The summed E-state index contributed by atoms with van der Waals surface area (Å²) >= 11 is 0. The summed E-state index contributed by atoms with van der Waals surface area (Å²) in [6.45, 7) is 4.07. The number of rotatable bonds is 7. The van der Waals surface area contributed by atoms with E-state index in [9.17, 15) is 9.59 Å². The minimum absolute atomic E-state index is 0.00785. The van der Waals surface area contributed by atoms with Crippen LogP contribution in [0.5, 0.6) is 0 Å². The molecule has 3 rings (SSSR count). The third kappa shape index (κ3) is 4.80. The van der Waals surface area contributed by atoms with Crippen LogP contribution in [0.15, 0.2) is 30.6 Å². The van der Waals surface area contributed by atoms with Gasteiger partial charge in [-0.1, -0.05) is 6.07 Å². The molecule has 140 valence electrons. The van der Waals surface area contributed by atoms with Gasteiger partial charge in [0.25, 0.3) is 0 Å². The first kappa shape index (κ1) is 18.3. The van der Waals surface area contributed by atoms with E-state index in [1.54, 1.807) is 7.11 Å². The molecule has 1 N–H and O–H groups in total. The maximum atomic E-state index is 12.5. The fourth-order valence-corrected chi connectivity index (χ4v) is 3.05. The predicted octanol–water partition coefficient (Wildman–Crippen LogP) is -0.216. The van der Waals surface area contributed by atoms with Crippen LogP contribution in [0.4, 0.5) is 0 Å². The molecule has 2 aromatic rings. The first-order valence-electron chi connectivity index (χ1n) is 8.84. The number of hydrogen-bond donors (Lipinski definition) is 1. The van der Waals surface area contributed by atoms with Gasteiger partial charge in [-0.15, -0.1) is 0 Å². The highest BCUT2D eigenvalue weighted by atomic mass is 16.5. The molecule has 0 radical (unpaired) electrons. The van der Waals surface area contributed by atoms with E-state index in [-0.39, 0.29) is 11.8 Å². The summed E-state index contributed by atoms with van der Waals surface area (Å²) in [7, 11) is 1.61. The monoisotopic (exact) mass is 359 g/mol. The lowest BCUT2D eigenvalue weighted by Crippen LogP contribution is -2.51. The number of ether oxygens (including phenoxy) is 1. The second kappa shape index (κ2) is 8.77. The summed E-state index contributed by atoms with van der Waals surface area (Å²) in [6.07, 6.45) is 4.12. The number of amides is 2. The Morgan fingerprint density at radius 2 is 2.04 bits per heavy atom. The molecule has 0 unspecified atom stereocenters. The Balaban J connectivity index is 1.44. The Labute approximate surface area is 152 Å². The van der Waals surface area contributed by atoms with Crippen molar-refractivity contribution in [2.75, 3.05) is 53.0 Å². The standard InChI is InChI=1S/C18H25N5O3/c1-26-11-5-19-17(24)14-21-7-9-22(10-8-21)18(25)12-15-13-23-6-3-2-4-16(23)20-15/h2-4,6,13H,5,7-12,14H2,1H3,(H,19,24). The van der Waals surface area contributed by atoms with Gasteiger partial charge < -0.3 is 19.4 Å². The molecule has 8 heteroatoms. The van der Waals surface area contributed by atoms with Crippen molar-refractivity contribution in [3.8, 4) is 0 Å². The minimum atomic E-state index is -0.00785.